The summed E-state index contributed by atoms with van der Waals surface area (Å²) >= 11 is 1.74. The van der Waals surface area contributed by atoms with E-state index in [2.05, 4.69) is 69.0 Å². The van der Waals surface area contributed by atoms with E-state index in [4.69, 9.17) is 4.52 Å². The lowest BCUT2D eigenvalue weighted by molar-refractivity contribution is 0.433. The van der Waals surface area contributed by atoms with Crippen LogP contribution in [-0.4, -0.2) is 10.1 Å². The second kappa shape index (κ2) is 6.89. The van der Waals surface area contributed by atoms with Crippen molar-refractivity contribution in [1.29, 1.82) is 0 Å². The van der Waals surface area contributed by atoms with Crippen LogP contribution in [0.3, 0.4) is 0 Å². The maximum atomic E-state index is 5.52. The Morgan fingerprint density at radius 2 is 1.96 bits per heavy atom. The zero-order chi connectivity index (χ0) is 17.3. The lowest BCUT2D eigenvalue weighted by Crippen LogP contribution is -1.93. The van der Waals surface area contributed by atoms with Gasteiger partial charge in [-0.2, -0.15) is 4.98 Å². The molecule has 24 heavy (non-hydrogen) atoms. The Bertz CT molecular complexity index is 845. The Labute approximate surface area is 147 Å². The highest BCUT2D eigenvalue weighted by Gasteiger charge is 2.14. The van der Waals surface area contributed by atoms with Crippen LogP contribution in [-0.2, 0) is 12.8 Å². The summed E-state index contributed by atoms with van der Waals surface area (Å²) in [4.78, 5) is 7.03. The fourth-order valence-corrected chi connectivity index (χ4v) is 4.02. The molecule has 0 radical (unpaired) electrons. The summed E-state index contributed by atoms with van der Waals surface area (Å²) in [6.07, 6.45) is 2.09. The summed E-state index contributed by atoms with van der Waals surface area (Å²) in [5, 5.41) is 4.20. The molecule has 3 nitrogen and oxygen atoms in total. The van der Waals surface area contributed by atoms with Gasteiger partial charge < -0.3 is 4.52 Å². The van der Waals surface area contributed by atoms with Gasteiger partial charge in [0.1, 0.15) is 0 Å². The van der Waals surface area contributed by atoms with Gasteiger partial charge in [-0.3, -0.25) is 0 Å². The number of aromatic nitrogens is 2. The lowest BCUT2D eigenvalue weighted by Gasteiger charge is -2.08. The highest BCUT2D eigenvalue weighted by Crippen LogP contribution is 2.30. The first kappa shape index (κ1) is 16.9. The van der Waals surface area contributed by atoms with Gasteiger partial charge in [0, 0.05) is 10.4 Å². The molecule has 126 valence electrons. The molecule has 0 fully saturated rings. The SMILES string of the molecule is CCc1cc(-c2noc(-c3ccc(CC(C)C)s3)n2)cc(C)c1C. The van der Waals surface area contributed by atoms with E-state index >= 15 is 0 Å². The van der Waals surface area contributed by atoms with E-state index in [1.807, 2.05) is 0 Å². The molecule has 1 aromatic carbocycles. The molecule has 0 atom stereocenters. The van der Waals surface area contributed by atoms with Crippen molar-refractivity contribution < 1.29 is 4.52 Å². The summed E-state index contributed by atoms with van der Waals surface area (Å²) in [5.41, 5.74) is 4.99. The van der Waals surface area contributed by atoms with E-state index in [-0.39, 0.29) is 0 Å². The minimum atomic E-state index is 0.612. The molecule has 0 unspecified atom stereocenters. The first-order valence-electron chi connectivity index (χ1n) is 8.51. The number of rotatable bonds is 5. The van der Waals surface area contributed by atoms with Crippen molar-refractivity contribution in [3.05, 3.63) is 45.8 Å². The summed E-state index contributed by atoms with van der Waals surface area (Å²) in [6.45, 7) is 10.9. The molecule has 0 saturated carbocycles. The van der Waals surface area contributed by atoms with Crippen LogP contribution in [0.25, 0.3) is 22.2 Å². The lowest BCUT2D eigenvalue weighted by atomic mass is 9.98. The molecule has 2 aromatic heterocycles. The number of benzene rings is 1. The molecule has 2 heterocycles. The molecular weight excluding hydrogens is 316 g/mol. The van der Waals surface area contributed by atoms with Gasteiger partial charge in [-0.05, 0) is 73.6 Å². The topological polar surface area (TPSA) is 38.9 Å². The predicted octanol–water partition coefficient (Wildman–Crippen LogP) is 5.84. The largest absolute Gasteiger partial charge is 0.333 e. The first-order valence-corrected chi connectivity index (χ1v) is 9.32. The molecule has 0 aliphatic carbocycles. The Morgan fingerprint density at radius 3 is 2.67 bits per heavy atom. The minimum absolute atomic E-state index is 0.612. The van der Waals surface area contributed by atoms with Gasteiger partial charge in [0.25, 0.3) is 5.89 Å². The Hall–Kier alpha value is -1.94. The van der Waals surface area contributed by atoms with Gasteiger partial charge in [-0.15, -0.1) is 11.3 Å². The second-order valence-electron chi connectivity index (χ2n) is 6.72. The van der Waals surface area contributed by atoms with Gasteiger partial charge >= 0.3 is 0 Å². The summed E-state index contributed by atoms with van der Waals surface area (Å²) < 4.78 is 5.52. The quantitative estimate of drug-likeness (QED) is 0.585. The Morgan fingerprint density at radius 1 is 1.17 bits per heavy atom. The molecule has 0 amide bonds. The highest BCUT2D eigenvalue weighted by molar-refractivity contribution is 7.15. The van der Waals surface area contributed by atoms with Crippen molar-refractivity contribution in [2.45, 2.75) is 47.5 Å². The monoisotopic (exact) mass is 340 g/mol. The normalized spacial score (nSPS) is 11.4. The average molecular weight is 340 g/mol. The third-order valence-corrected chi connectivity index (χ3v) is 5.42. The van der Waals surface area contributed by atoms with E-state index in [9.17, 15) is 0 Å². The maximum absolute atomic E-state index is 5.52. The van der Waals surface area contributed by atoms with E-state index in [1.54, 1.807) is 11.3 Å². The molecular formula is C20H24N2OS. The van der Waals surface area contributed by atoms with Gasteiger partial charge in [0.05, 0.1) is 4.88 Å². The highest BCUT2D eigenvalue weighted by atomic mass is 32.1. The van der Waals surface area contributed by atoms with E-state index in [0.29, 0.717) is 17.6 Å². The molecule has 3 rings (SSSR count). The Kier molecular flexibility index (Phi) is 4.86. The number of hydrogen-bond acceptors (Lipinski definition) is 4. The molecule has 3 aromatic rings. The Balaban J connectivity index is 1.91. The molecule has 0 spiro atoms. The molecule has 0 saturated heterocycles. The fraction of sp³-hybridized carbons (Fsp3) is 0.400. The fourth-order valence-electron chi connectivity index (χ4n) is 2.87. The van der Waals surface area contributed by atoms with Gasteiger partial charge in [0.15, 0.2) is 0 Å². The molecule has 0 bridgehead atoms. The van der Waals surface area contributed by atoms with Crippen LogP contribution >= 0.6 is 11.3 Å². The number of nitrogens with zero attached hydrogens (tertiary/aromatic N) is 2. The number of thiophene rings is 1. The minimum Gasteiger partial charge on any atom is -0.333 e. The van der Waals surface area contributed by atoms with Crippen molar-refractivity contribution in [3.63, 3.8) is 0 Å². The summed E-state index contributed by atoms with van der Waals surface area (Å²) in [5.74, 6) is 1.93. The molecule has 0 aliphatic heterocycles. The van der Waals surface area contributed by atoms with Crippen molar-refractivity contribution >= 4 is 11.3 Å². The zero-order valence-corrected chi connectivity index (χ0v) is 15.8. The summed E-state index contributed by atoms with van der Waals surface area (Å²) in [6, 6.07) is 8.56. The van der Waals surface area contributed by atoms with Crippen molar-refractivity contribution in [2.75, 3.05) is 0 Å². The zero-order valence-electron chi connectivity index (χ0n) is 15.0. The van der Waals surface area contributed by atoms with Crippen LogP contribution in [0.1, 0.15) is 42.3 Å². The van der Waals surface area contributed by atoms with E-state index in [0.717, 1.165) is 23.3 Å². The predicted molar refractivity (Wildman–Crippen MR) is 100 cm³/mol. The van der Waals surface area contributed by atoms with Crippen LogP contribution < -0.4 is 0 Å². The third kappa shape index (κ3) is 3.44. The summed E-state index contributed by atoms with van der Waals surface area (Å²) in [7, 11) is 0. The second-order valence-corrected chi connectivity index (χ2v) is 7.89. The van der Waals surface area contributed by atoms with Crippen LogP contribution in [0.5, 0.6) is 0 Å². The van der Waals surface area contributed by atoms with Crippen LogP contribution in [0.15, 0.2) is 28.8 Å². The molecule has 0 aliphatic rings. The number of hydrogen-bond donors (Lipinski definition) is 0. The van der Waals surface area contributed by atoms with E-state index < -0.39 is 0 Å². The van der Waals surface area contributed by atoms with Crippen LogP contribution in [0.4, 0.5) is 0 Å². The molecule has 4 heteroatoms. The van der Waals surface area contributed by atoms with Crippen molar-refractivity contribution in [3.8, 4) is 22.2 Å². The van der Waals surface area contributed by atoms with Gasteiger partial charge in [-0.1, -0.05) is 25.9 Å². The van der Waals surface area contributed by atoms with Crippen molar-refractivity contribution in [2.24, 2.45) is 5.92 Å². The van der Waals surface area contributed by atoms with Gasteiger partial charge in [0.2, 0.25) is 5.82 Å². The van der Waals surface area contributed by atoms with Crippen LogP contribution in [0, 0.1) is 19.8 Å². The smallest absolute Gasteiger partial charge is 0.268 e. The average Bonchev–Trinajstić information content (AvgIpc) is 3.18. The standard InChI is InChI=1S/C20H24N2OS/c1-6-15-11-16(10-13(4)14(15)5)19-21-20(23-22-19)18-8-7-17(24-18)9-12(2)3/h7-8,10-12H,6,9H2,1-5H3. The van der Waals surface area contributed by atoms with E-state index in [1.165, 1.54) is 21.6 Å². The molecule has 0 N–H and O–H groups in total. The number of aryl methyl sites for hydroxylation is 2. The first-order chi connectivity index (χ1) is 11.5. The van der Waals surface area contributed by atoms with Crippen molar-refractivity contribution in [1.82, 2.24) is 10.1 Å². The van der Waals surface area contributed by atoms with Crippen LogP contribution in [0.2, 0.25) is 0 Å². The maximum Gasteiger partial charge on any atom is 0.268 e. The van der Waals surface area contributed by atoms with Gasteiger partial charge in [-0.25, -0.2) is 0 Å². The third-order valence-electron chi connectivity index (χ3n) is 4.32.